The quantitative estimate of drug-likeness (QED) is 0.499. The highest BCUT2D eigenvalue weighted by molar-refractivity contribution is 5.97. The molecule has 0 spiro atoms. The van der Waals surface area contributed by atoms with Gasteiger partial charge in [-0.05, 0) is 18.2 Å². The van der Waals surface area contributed by atoms with Crippen LogP contribution in [-0.4, -0.2) is 18.3 Å². The number of nitrogens with one attached hydrogen (secondary N) is 1. The Bertz CT molecular complexity index is 720. The molecule has 110 valence electrons. The smallest absolute Gasteiger partial charge is 0.265 e. The first-order valence-corrected chi connectivity index (χ1v) is 6.50. The molecule has 1 amide bonds. The number of amides is 1. The monoisotopic (exact) mass is 294 g/mol. The summed E-state index contributed by atoms with van der Waals surface area (Å²) in [6.45, 7) is -0.273. The van der Waals surface area contributed by atoms with Gasteiger partial charge in [-0.3, -0.25) is 4.79 Å². The Labute approximate surface area is 127 Å². The molecule has 0 radical (unpaired) electrons. The molecule has 0 unspecified atom stereocenters. The number of oxime groups is 1. The summed E-state index contributed by atoms with van der Waals surface area (Å²) in [6, 6.07) is 17.7. The lowest BCUT2D eigenvalue weighted by atomic mass is 10.2. The van der Waals surface area contributed by atoms with Crippen LogP contribution in [0.5, 0.6) is 0 Å². The van der Waals surface area contributed by atoms with Gasteiger partial charge in [0.1, 0.15) is 0 Å². The third kappa shape index (κ3) is 4.35. The Hall–Kier alpha value is -3.33. The van der Waals surface area contributed by atoms with E-state index in [1.807, 2.05) is 24.3 Å². The van der Waals surface area contributed by atoms with Crippen LogP contribution in [0.3, 0.4) is 0 Å². The van der Waals surface area contributed by atoms with Gasteiger partial charge in [0.15, 0.2) is 12.4 Å². The highest BCUT2D eigenvalue weighted by Gasteiger charge is 2.04. The van der Waals surface area contributed by atoms with Gasteiger partial charge < -0.3 is 15.9 Å². The molecule has 0 heterocycles. The van der Waals surface area contributed by atoms with Crippen molar-refractivity contribution in [3.8, 4) is 6.07 Å². The molecule has 0 saturated carbocycles. The number of amidine groups is 1. The van der Waals surface area contributed by atoms with Crippen LogP contribution < -0.4 is 11.1 Å². The van der Waals surface area contributed by atoms with Gasteiger partial charge in [0, 0.05) is 11.3 Å². The summed E-state index contributed by atoms with van der Waals surface area (Å²) in [5, 5.41) is 15.1. The van der Waals surface area contributed by atoms with E-state index in [9.17, 15) is 4.79 Å². The second kappa shape index (κ2) is 7.45. The fourth-order valence-electron chi connectivity index (χ4n) is 1.69. The molecule has 0 fully saturated rings. The van der Waals surface area contributed by atoms with E-state index in [1.54, 1.807) is 36.4 Å². The number of benzene rings is 2. The third-order valence-corrected chi connectivity index (χ3v) is 2.70. The Kier molecular flexibility index (Phi) is 5.10. The zero-order valence-electron chi connectivity index (χ0n) is 11.7. The van der Waals surface area contributed by atoms with Gasteiger partial charge in [0.05, 0.1) is 11.6 Å². The highest BCUT2D eigenvalue weighted by atomic mass is 16.6. The summed E-state index contributed by atoms with van der Waals surface area (Å²) < 4.78 is 0. The molecule has 2 rings (SSSR count). The Morgan fingerprint density at radius 1 is 1.23 bits per heavy atom. The molecule has 2 aromatic carbocycles. The molecule has 0 aliphatic carbocycles. The van der Waals surface area contributed by atoms with Crippen molar-refractivity contribution in [2.75, 3.05) is 11.9 Å². The fraction of sp³-hybridized carbons (Fsp3) is 0.0625. The Morgan fingerprint density at radius 3 is 2.73 bits per heavy atom. The summed E-state index contributed by atoms with van der Waals surface area (Å²) in [5.74, 6) is -0.195. The predicted octanol–water partition coefficient (Wildman–Crippen LogP) is 1.83. The lowest BCUT2D eigenvalue weighted by Crippen LogP contribution is -2.19. The maximum atomic E-state index is 11.7. The molecule has 0 aromatic heterocycles. The number of anilines is 1. The van der Waals surface area contributed by atoms with Gasteiger partial charge in [-0.15, -0.1) is 0 Å². The summed E-state index contributed by atoms with van der Waals surface area (Å²) in [7, 11) is 0. The standard InChI is InChI=1S/C16H14N4O2/c17-10-12-5-4-8-14(9-12)19-15(21)11-22-20-16(18)13-6-2-1-3-7-13/h1-9H,11H2,(H2,18,20)(H,19,21). The van der Waals surface area contributed by atoms with Crippen molar-refractivity contribution in [1.29, 1.82) is 5.26 Å². The van der Waals surface area contributed by atoms with Crippen molar-refractivity contribution in [3.05, 3.63) is 65.7 Å². The van der Waals surface area contributed by atoms with Gasteiger partial charge in [-0.25, -0.2) is 0 Å². The molecular weight excluding hydrogens is 280 g/mol. The van der Waals surface area contributed by atoms with E-state index in [0.717, 1.165) is 0 Å². The minimum atomic E-state index is -0.389. The van der Waals surface area contributed by atoms with Crippen LogP contribution in [0.1, 0.15) is 11.1 Å². The van der Waals surface area contributed by atoms with Crippen molar-refractivity contribution in [2.45, 2.75) is 0 Å². The first-order chi connectivity index (χ1) is 10.7. The van der Waals surface area contributed by atoms with Crippen LogP contribution in [0, 0.1) is 11.3 Å². The van der Waals surface area contributed by atoms with Crippen LogP contribution in [0.15, 0.2) is 59.8 Å². The van der Waals surface area contributed by atoms with Gasteiger partial charge in [-0.2, -0.15) is 5.26 Å². The summed E-state index contributed by atoms with van der Waals surface area (Å²) in [4.78, 5) is 16.6. The molecule has 22 heavy (non-hydrogen) atoms. The molecule has 6 heteroatoms. The molecular formula is C16H14N4O2. The summed E-state index contributed by atoms with van der Waals surface area (Å²) >= 11 is 0. The average molecular weight is 294 g/mol. The summed E-state index contributed by atoms with van der Waals surface area (Å²) in [6.07, 6.45) is 0. The van der Waals surface area contributed by atoms with Gasteiger partial charge in [-0.1, -0.05) is 41.6 Å². The minimum Gasteiger partial charge on any atom is -0.384 e. The molecule has 0 aliphatic rings. The lowest BCUT2D eigenvalue weighted by molar-refractivity contribution is -0.120. The number of nitrogens with zero attached hydrogens (tertiary/aromatic N) is 2. The molecule has 6 nitrogen and oxygen atoms in total. The molecule has 2 aromatic rings. The van der Waals surface area contributed by atoms with Gasteiger partial charge in [0.25, 0.3) is 5.91 Å². The van der Waals surface area contributed by atoms with E-state index in [0.29, 0.717) is 16.8 Å². The number of nitrogens with two attached hydrogens (primary N) is 1. The molecule has 0 atom stereocenters. The normalized spacial score (nSPS) is 10.6. The van der Waals surface area contributed by atoms with Crippen LogP contribution in [-0.2, 0) is 9.63 Å². The predicted molar refractivity (Wildman–Crippen MR) is 82.9 cm³/mol. The van der Waals surface area contributed by atoms with E-state index in [1.165, 1.54) is 0 Å². The van der Waals surface area contributed by atoms with Crippen molar-refractivity contribution >= 4 is 17.4 Å². The average Bonchev–Trinajstić information content (AvgIpc) is 2.55. The SMILES string of the molecule is N#Cc1cccc(NC(=O)CO/N=C(/N)c2ccccc2)c1. The number of carbonyl (C=O) groups excluding carboxylic acids is 1. The maximum absolute atomic E-state index is 11.7. The fourth-order valence-corrected chi connectivity index (χ4v) is 1.69. The topological polar surface area (TPSA) is 100 Å². The molecule has 0 aliphatic heterocycles. The second-order valence-corrected chi connectivity index (χ2v) is 4.36. The number of carbonyl (C=O) groups is 1. The molecule has 3 N–H and O–H groups in total. The second-order valence-electron chi connectivity index (χ2n) is 4.36. The minimum absolute atomic E-state index is 0.194. The van der Waals surface area contributed by atoms with E-state index in [4.69, 9.17) is 15.8 Å². The number of hydrogen-bond acceptors (Lipinski definition) is 4. The number of rotatable bonds is 5. The Balaban J connectivity index is 1.87. The van der Waals surface area contributed by atoms with E-state index < -0.39 is 0 Å². The van der Waals surface area contributed by atoms with Crippen molar-refractivity contribution in [1.82, 2.24) is 0 Å². The zero-order valence-corrected chi connectivity index (χ0v) is 11.7. The first-order valence-electron chi connectivity index (χ1n) is 6.50. The van der Waals surface area contributed by atoms with Crippen LogP contribution in [0.4, 0.5) is 5.69 Å². The van der Waals surface area contributed by atoms with Crippen LogP contribution in [0.25, 0.3) is 0 Å². The number of hydrogen-bond donors (Lipinski definition) is 2. The Morgan fingerprint density at radius 2 is 2.00 bits per heavy atom. The van der Waals surface area contributed by atoms with Gasteiger partial charge in [0.2, 0.25) is 0 Å². The van der Waals surface area contributed by atoms with Crippen molar-refractivity contribution in [2.24, 2.45) is 10.9 Å². The molecule has 0 saturated heterocycles. The van der Waals surface area contributed by atoms with E-state index >= 15 is 0 Å². The first kappa shape index (κ1) is 15.1. The van der Waals surface area contributed by atoms with E-state index in [2.05, 4.69) is 10.5 Å². The largest absolute Gasteiger partial charge is 0.384 e. The molecule has 0 bridgehead atoms. The highest BCUT2D eigenvalue weighted by Crippen LogP contribution is 2.09. The zero-order chi connectivity index (χ0) is 15.8. The van der Waals surface area contributed by atoms with E-state index in [-0.39, 0.29) is 18.3 Å². The third-order valence-electron chi connectivity index (χ3n) is 2.70. The van der Waals surface area contributed by atoms with Crippen LogP contribution >= 0.6 is 0 Å². The summed E-state index contributed by atoms with van der Waals surface area (Å²) in [5.41, 5.74) is 7.43. The maximum Gasteiger partial charge on any atom is 0.265 e. The van der Waals surface area contributed by atoms with Gasteiger partial charge >= 0.3 is 0 Å². The van der Waals surface area contributed by atoms with Crippen molar-refractivity contribution in [3.63, 3.8) is 0 Å². The number of nitriles is 1. The van der Waals surface area contributed by atoms with Crippen molar-refractivity contribution < 1.29 is 9.63 Å². The van der Waals surface area contributed by atoms with Crippen LogP contribution in [0.2, 0.25) is 0 Å². The lowest BCUT2D eigenvalue weighted by Gasteiger charge is -2.05.